The van der Waals surface area contributed by atoms with Crippen LogP contribution in [0.1, 0.15) is 5.56 Å². The third-order valence-electron chi connectivity index (χ3n) is 3.15. The average Bonchev–Trinajstić information content (AvgIpc) is 2.37. The van der Waals surface area contributed by atoms with Crippen molar-refractivity contribution in [2.24, 2.45) is 0 Å². The molecule has 1 N–H and O–H groups in total. The zero-order chi connectivity index (χ0) is 12.5. The Balaban J connectivity index is 2.24. The van der Waals surface area contributed by atoms with Crippen LogP contribution >= 0.6 is 0 Å². The molecule has 0 amide bonds. The van der Waals surface area contributed by atoms with E-state index in [4.69, 9.17) is 9.68 Å². The molecule has 0 saturated carbocycles. The predicted molar refractivity (Wildman–Crippen MR) is 76.2 cm³/mol. The van der Waals surface area contributed by atoms with Crippen molar-refractivity contribution in [3.05, 3.63) is 54.1 Å². The highest BCUT2D eigenvalue weighted by Gasteiger charge is 2.01. The molecule has 0 atom stereocenters. The van der Waals surface area contributed by atoms with Gasteiger partial charge in [-0.25, -0.2) is 0 Å². The maximum absolute atomic E-state index is 8.77. The minimum atomic E-state index is -0.293. The second kappa shape index (κ2) is 4.35. The summed E-state index contributed by atoms with van der Waals surface area (Å²) in [7, 11) is -0.293. The molecule has 3 aromatic rings. The van der Waals surface area contributed by atoms with Crippen molar-refractivity contribution in [2.45, 2.75) is 6.92 Å². The first-order chi connectivity index (χ1) is 8.76. The Kier molecular flexibility index (Phi) is 2.69. The molecule has 88 valence electrons. The highest BCUT2D eigenvalue weighted by molar-refractivity contribution is 6.17. The summed E-state index contributed by atoms with van der Waals surface area (Å²) in [5.41, 5.74) is 1.27. The smallest absolute Gasteiger partial charge is 0.504 e. The van der Waals surface area contributed by atoms with Gasteiger partial charge in [-0.2, -0.15) is 0 Å². The van der Waals surface area contributed by atoms with Crippen LogP contribution in [-0.2, 0) is 0 Å². The zero-order valence-corrected chi connectivity index (χ0v) is 10.2. The standard InChI is InChI=1S/C15H13BO2/c1-10-2-3-11-8-14-9-15(18-16-17)5-4-12(14)7-13(11)6-10/h2-9,16-17H,1H3. The van der Waals surface area contributed by atoms with Crippen LogP contribution in [0.2, 0.25) is 0 Å². The summed E-state index contributed by atoms with van der Waals surface area (Å²) in [5.74, 6) is 0.691. The van der Waals surface area contributed by atoms with Crippen LogP contribution in [0.4, 0.5) is 0 Å². The van der Waals surface area contributed by atoms with Crippen molar-refractivity contribution in [2.75, 3.05) is 0 Å². The molecular weight excluding hydrogens is 223 g/mol. The topological polar surface area (TPSA) is 29.5 Å². The number of hydrogen-bond donors (Lipinski definition) is 1. The third-order valence-corrected chi connectivity index (χ3v) is 3.15. The first-order valence-corrected chi connectivity index (χ1v) is 5.94. The van der Waals surface area contributed by atoms with Crippen LogP contribution in [-0.4, -0.2) is 12.7 Å². The van der Waals surface area contributed by atoms with E-state index >= 15 is 0 Å². The largest absolute Gasteiger partial charge is 0.539 e. The van der Waals surface area contributed by atoms with E-state index in [0.29, 0.717) is 5.75 Å². The molecule has 0 fully saturated rings. The first kappa shape index (κ1) is 11.1. The minimum absolute atomic E-state index is 0.293. The quantitative estimate of drug-likeness (QED) is 0.547. The Morgan fingerprint density at radius 1 is 0.833 bits per heavy atom. The second-order valence-electron chi connectivity index (χ2n) is 4.49. The highest BCUT2D eigenvalue weighted by Crippen LogP contribution is 2.26. The molecule has 0 bridgehead atoms. The van der Waals surface area contributed by atoms with Crippen LogP contribution < -0.4 is 4.65 Å². The van der Waals surface area contributed by atoms with Crippen molar-refractivity contribution in [3.63, 3.8) is 0 Å². The summed E-state index contributed by atoms with van der Waals surface area (Å²) in [4.78, 5) is 0. The molecule has 0 heterocycles. The summed E-state index contributed by atoms with van der Waals surface area (Å²) >= 11 is 0. The van der Waals surface area contributed by atoms with E-state index < -0.39 is 0 Å². The van der Waals surface area contributed by atoms with E-state index in [9.17, 15) is 0 Å². The SMILES string of the molecule is Cc1ccc2cc3cc(OBO)ccc3cc2c1. The number of fused-ring (bicyclic) bond motifs is 2. The molecule has 0 aromatic heterocycles. The molecule has 0 aliphatic carbocycles. The Morgan fingerprint density at radius 2 is 1.50 bits per heavy atom. The van der Waals surface area contributed by atoms with Crippen LogP contribution in [0.3, 0.4) is 0 Å². The highest BCUT2D eigenvalue weighted by atomic mass is 16.5. The first-order valence-electron chi connectivity index (χ1n) is 5.94. The summed E-state index contributed by atoms with van der Waals surface area (Å²) in [6.45, 7) is 2.10. The third kappa shape index (κ3) is 1.93. The lowest BCUT2D eigenvalue weighted by molar-refractivity contribution is 0.454. The molecule has 0 aliphatic heterocycles. The summed E-state index contributed by atoms with van der Waals surface area (Å²) in [5, 5.41) is 13.5. The van der Waals surface area contributed by atoms with Crippen molar-refractivity contribution >= 4 is 29.2 Å². The zero-order valence-electron chi connectivity index (χ0n) is 10.2. The van der Waals surface area contributed by atoms with Crippen molar-refractivity contribution < 1.29 is 9.68 Å². The van der Waals surface area contributed by atoms with E-state index in [0.717, 1.165) is 5.39 Å². The minimum Gasteiger partial charge on any atom is -0.539 e. The summed E-state index contributed by atoms with van der Waals surface area (Å²) in [6.07, 6.45) is 0. The van der Waals surface area contributed by atoms with Crippen LogP contribution in [0, 0.1) is 6.92 Å². The van der Waals surface area contributed by atoms with Crippen molar-refractivity contribution in [3.8, 4) is 5.75 Å². The van der Waals surface area contributed by atoms with Gasteiger partial charge in [0.15, 0.2) is 0 Å². The molecule has 0 radical (unpaired) electrons. The number of rotatable bonds is 2. The Labute approximate surface area is 106 Å². The van der Waals surface area contributed by atoms with Crippen molar-refractivity contribution in [1.82, 2.24) is 0 Å². The van der Waals surface area contributed by atoms with Crippen molar-refractivity contribution in [1.29, 1.82) is 0 Å². The monoisotopic (exact) mass is 236 g/mol. The average molecular weight is 236 g/mol. The molecule has 2 nitrogen and oxygen atoms in total. The van der Waals surface area contributed by atoms with Gasteiger partial charge in [-0.05, 0) is 52.7 Å². The summed E-state index contributed by atoms with van der Waals surface area (Å²) < 4.78 is 5.10. The fourth-order valence-corrected chi connectivity index (χ4v) is 2.26. The van der Waals surface area contributed by atoms with Gasteiger partial charge in [0, 0.05) is 0 Å². The van der Waals surface area contributed by atoms with E-state index in [1.165, 1.54) is 21.7 Å². The molecule has 0 aliphatic rings. The van der Waals surface area contributed by atoms with E-state index in [1.807, 2.05) is 18.2 Å². The molecular formula is C15H13BO2. The molecule has 18 heavy (non-hydrogen) atoms. The normalized spacial score (nSPS) is 10.8. The fraction of sp³-hybridized carbons (Fsp3) is 0.0667. The summed E-state index contributed by atoms with van der Waals surface area (Å²) in [6, 6.07) is 16.6. The molecule has 3 aromatic carbocycles. The lowest BCUT2D eigenvalue weighted by atomic mass is 10.0. The van der Waals surface area contributed by atoms with E-state index in [2.05, 4.69) is 37.3 Å². The van der Waals surface area contributed by atoms with Gasteiger partial charge in [-0.15, -0.1) is 0 Å². The lowest BCUT2D eigenvalue weighted by Crippen LogP contribution is -1.99. The number of aryl methyl sites for hydroxylation is 1. The van der Waals surface area contributed by atoms with Gasteiger partial charge < -0.3 is 9.68 Å². The Bertz CT molecular complexity index is 722. The number of benzene rings is 3. The van der Waals surface area contributed by atoms with Gasteiger partial charge in [-0.3, -0.25) is 0 Å². The lowest BCUT2D eigenvalue weighted by Gasteiger charge is -2.06. The molecule has 3 rings (SSSR count). The molecule has 0 spiro atoms. The fourth-order valence-electron chi connectivity index (χ4n) is 2.26. The molecule has 0 saturated heterocycles. The van der Waals surface area contributed by atoms with E-state index in [1.54, 1.807) is 0 Å². The van der Waals surface area contributed by atoms with Gasteiger partial charge in [0.2, 0.25) is 0 Å². The van der Waals surface area contributed by atoms with E-state index in [-0.39, 0.29) is 7.69 Å². The Morgan fingerprint density at radius 3 is 2.22 bits per heavy atom. The number of hydrogen-bond acceptors (Lipinski definition) is 2. The van der Waals surface area contributed by atoms with Gasteiger partial charge in [-0.1, -0.05) is 29.8 Å². The Hall–Kier alpha value is -2.00. The molecule has 0 unspecified atom stereocenters. The maximum Gasteiger partial charge on any atom is 0.504 e. The van der Waals surface area contributed by atoms with Gasteiger partial charge in [0.25, 0.3) is 0 Å². The molecule has 3 heteroatoms. The van der Waals surface area contributed by atoms with Gasteiger partial charge in [0.1, 0.15) is 5.75 Å². The van der Waals surface area contributed by atoms with Gasteiger partial charge >= 0.3 is 7.69 Å². The van der Waals surface area contributed by atoms with Crippen LogP contribution in [0.15, 0.2) is 48.5 Å². The predicted octanol–water partition coefficient (Wildman–Crippen LogP) is 2.94. The van der Waals surface area contributed by atoms with Gasteiger partial charge in [0.05, 0.1) is 0 Å². The van der Waals surface area contributed by atoms with Crippen LogP contribution in [0.25, 0.3) is 21.5 Å². The second-order valence-corrected chi connectivity index (χ2v) is 4.49. The maximum atomic E-state index is 8.77. The van der Waals surface area contributed by atoms with Crippen LogP contribution in [0.5, 0.6) is 5.75 Å².